The SMILES string of the molecule is C=C(Cc1c(Cl)cccc1Cl)S/C=C/C(=O)NCc1ccncc1. The van der Waals surface area contributed by atoms with Gasteiger partial charge in [-0.1, -0.05) is 35.8 Å². The quantitative estimate of drug-likeness (QED) is 0.688. The van der Waals surface area contributed by atoms with Crippen LogP contribution in [0.15, 0.2) is 65.7 Å². The van der Waals surface area contributed by atoms with Gasteiger partial charge in [-0.3, -0.25) is 9.78 Å². The molecule has 6 heteroatoms. The monoisotopic (exact) mass is 378 g/mol. The average molecular weight is 379 g/mol. The molecule has 0 aliphatic rings. The van der Waals surface area contributed by atoms with Gasteiger partial charge in [-0.15, -0.1) is 11.8 Å². The van der Waals surface area contributed by atoms with Crippen LogP contribution in [0, 0.1) is 0 Å². The fourth-order valence-corrected chi connectivity index (χ4v) is 3.02. The number of allylic oxidation sites excluding steroid dienone is 1. The van der Waals surface area contributed by atoms with Gasteiger partial charge in [-0.05, 0) is 45.7 Å². The van der Waals surface area contributed by atoms with E-state index in [1.807, 2.05) is 12.1 Å². The highest BCUT2D eigenvalue weighted by atomic mass is 35.5. The molecule has 1 aromatic heterocycles. The Morgan fingerprint density at radius 1 is 1.21 bits per heavy atom. The van der Waals surface area contributed by atoms with Crippen molar-refractivity contribution < 1.29 is 4.79 Å². The molecule has 0 aliphatic heterocycles. The van der Waals surface area contributed by atoms with Gasteiger partial charge >= 0.3 is 0 Å². The van der Waals surface area contributed by atoms with Crippen molar-refractivity contribution in [3.8, 4) is 0 Å². The summed E-state index contributed by atoms with van der Waals surface area (Å²) in [6, 6.07) is 9.10. The van der Waals surface area contributed by atoms with Gasteiger partial charge in [0.25, 0.3) is 0 Å². The summed E-state index contributed by atoms with van der Waals surface area (Å²) in [5, 5.41) is 5.73. The van der Waals surface area contributed by atoms with E-state index in [1.54, 1.807) is 36.0 Å². The Balaban J connectivity index is 1.78. The second-order valence-electron chi connectivity index (χ2n) is 4.91. The van der Waals surface area contributed by atoms with Crippen LogP contribution in [0.4, 0.5) is 0 Å². The van der Waals surface area contributed by atoms with Crippen LogP contribution in [-0.2, 0) is 17.8 Å². The predicted molar refractivity (Wildman–Crippen MR) is 102 cm³/mol. The summed E-state index contributed by atoms with van der Waals surface area (Å²) in [5.74, 6) is -0.164. The summed E-state index contributed by atoms with van der Waals surface area (Å²) in [4.78, 5) is 16.5. The van der Waals surface area contributed by atoms with Gasteiger partial charge in [0.05, 0.1) is 0 Å². The average Bonchev–Trinajstić information content (AvgIpc) is 2.57. The van der Waals surface area contributed by atoms with Gasteiger partial charge in [0.15, 0.2) is 0 Å². The molecule has 0 spiro atoms. The maximum absolute atomic E-state index is 11.8. The molecule has 0 radical (unpaired) electrons. The van der Waals surface area contributed by atoms with Crippen molar-refractivity contribution in [3.63, 3.8) is 0 Å². The normalized spacial score (nSPS) is 10.8. The summed E-state index contributed by atoms with van der Waals surface area (Å²) in [7, 11) is 0. The van der Waals surface area contributed by atoms with Gasteiger partial charge in [-0.2, -0.15) is 0 Å². The molecule has 1 amide bonds. The second kappa shape index (κ2) is 9.52. The van der Waals surface area contributed by atoms with Crippen LogP contribution in [-0.4, -0.2) is 10.9 Å². The van der Waals surface area contributed by atoms with Gasteiger partial charge in [-0.25, -0.2) is 0 Å². The third kappa shape index (κ3) is 6.04. The first-order valence-electron chi connectivity index (χ1n) is 7.17. The molecule has 1 N–H and O–H groups in total. The Morgan fingerprint density at radius 2 is 1.88 bits per heavy atom. The van der Waals surface area contributed by atoms with Gasteiger partial charge in [0.2, 0.25) is 5.91 Å². The summed E-state index contributed by atoms with van der Waals surface area (Å²) >= 11 is 13.6. The molecule has 2 aromatic rings. The van der Waals surface area contributed by atoms with Crippen molar-refractivity contribution in [1.29, 1.82) is 0 Å². The molecule has 0 fully saturated rings. The number of amides is 1. The van der Waals surface area contributed by atoms with E-state index in [0.717, 1.165) is 16.0 Å². The number of nitrogens with zero attached hydrogens (tertiary/aromatic N) is 1. The minimum absolute atomic E-state index is 0.164. The van der Waals surface area contributed by atoms with Gasteiger partial charge in [0.1, 0.15) is 0 Å². The molecule has 24 heavy (non-hydrogen) atoms. The predicted octanol–water partition coefficient (Wildman–Crippen LogP) is 5.01. The maximum Gasteiger partial charge on any atom is 0.244 e. The number of nitrogens with one attached hydrogen (secondary N) is 1. The van der Waals surface area contributed by atoms with Crippen molar-refractivity contribution in [3.05, 3.63) is 86.9 Å². The number of carbonyl (C=O) groups excluding carboxylic acids is 1. The van der Waals surface area contributed by atoms with Gasteiger partial charge < -0.3 is 5.32 Å². The Kier molecular flexibility index (Phi) is 7.37. The summed E-state index contributed by atoms with van der Waals surface area (Å²) in [6.45, 7) is 4.44. The zero-order valence-electron chi connectivity index (χ0n) is 12.8. The molecule has 0 bridgehead atoms. The van der Waals surface area contributed by atoms with Crippen LogP contribution in [0.5, 0.6) is 0 Å². The Labute approximate surface area is 155 Å². The molecule has 0 saturated carbocycles. The number of thioether (sulfide) groups is 1. The number of halogens is 2. The number of benzene rings is 1. The van der Waals surface area contributed by atoms with Crippen molar-refractivity contribution in [2.24, 2.45) is 0 Å². The lowest BCUT2D eigenvalue weighted by atomic mass is 10.1. The van der Waals surface area contributed by atoms with Crippen LogP contribution in [0.1, 0.15) is 11.1 Å². The van der Waals surface area contributed by atoms with Crippen molar-refractivity contribution in [2.75, 3.05) is 0 Å². The topological polar surface area (TPSA) is 42.0 Å². The van der Waals surface area contributed by atoms with Gasteiger partial charge in [0, 0.05) is 41.5 Å². The van der Waals surface area contributed by atoms with Crippen LogP contribution in [0.2, 0.25) is 10.0 Å². The first-order valence-corrected chi connectivity index (χ1v) is 8.80. The molecular weight excluding hydrogens is 363 g/mol. The summed E-state index contributed by atoms with van der Waals surface area (Å²) in [6.07, 6.45) is 5.41. The standard InChI is InChI=1S/C18H16Cl2N2OS/c1-13(11-15-16(19)3-2-4-17(15)20)24-10-7-18(23)22-12-14-5-8-21-9-6-14/h2-10H,1,11-12H2,(H,22,23)/b10-7+. The van der Waals surface area contributed by atoms with E-state index in [4.69, 9.17) is 23.2 Å². The molecule has 0 saturated heterocycles. The fourth-order valence-electron chi connectivity index (χ4n) is 1.88. The van der Waals surface area contributed by atoms with E-state index in [1.165, 1.54) is 17.8 Å². The lowest BCUT2D eigenvalue weighted by molar-refractivity contribution is -0.116. The van der Waals surface area contributed by atoms with Crippen LogP contribution >= 0.6 is 35.0 Å². The van der Waals surface area contributed by atoms with Crippen LogP contribution in [0.3, 0.4) is 0 Å². The summed E-state index contributed by atoms with van der Waals surface area (Å²) < 4.78 is 0. The molecule has 2 rings (SSSR count). The Bertz CT molecular complexity index is 728. The number of hydrogen-bond acceptors (Lipinski definition) is 3. The van der Waals surface area contributed by atoms with E-state index >= 15 is 0 Å². The number of carbonyl (C=O) groups is 1. The van der Waals surface area contributed by atoms with E-state index in [2.05, 4.69) is 16.9 Å². The van der Waals surface area contributed by atoms with Crippen LogP contribution in [0.25, 0.3) is 0 Å². The first-order chi connectivity index (χ1) is 11.6. The maximum atomic E-state index is 11.8. The smallest absolute Gasteiger partial charge is 0.244 e. The van der Waals surface area contributed by atoms with E-state index in [9.17, 15) is 4.79 Å². The zero-order valence-corrected chi connectivity index (χ0v) is 15.2. The number of aromatic nitrogens is 1. The number of hydrogen-bond donors (Lipinski definition) is 1. The van der Waals surface area contributed by atoms with Crippen molar-refractivity contribution in [1.82, 2.24) is 10.3 Å². The molecule has 3 nitrogen and oxygen atoms in total. The molecule has 1 heterocycles. The highest BCUT2D eigenvalue weighted by Gasteiger charge is 2.07. The second-order valence-corrected chi connectivity index (χ2v) is 6.81. The highest BCUT2D eigenvalue weighted by molar-refractivity contribution is 8.05. The van der Waals surface area contributed by atoms with E-state index in [-0.39, 0.29) is 5.91 Å². The largest absolute Gasteiger partial charge is 0.348 e. The third-order valence-corrected chi connectivity index (χ3v) is 4.56. The minimum Gasteiger partial charge on any atom is -0.348 e. The third-order valence-electron chi connectivity index (χ3n) is 3.11. The zero-order chi connectivity index (χ0) is 17.4. The highest BCUT2D eigenvalue weighted by Crippen LogP contribution is 2.29. The lowest BCUT2D eigenvalue weighted by Gasteiger charge is -2.07. The van der Waals surface area contributed by atoms with Crippen molar-refractivity contribution >= 4 is 40.9 Å². The van der Waals surface area contributed by atoms with Crippen molar-refractivity contribution in [2.45, 2.75) is 13.0 Å². The number of pyridine rings is 1. The lowest BCUT2D eigenvalue weighted by Crippen LogP contribution is -2.20. The Morgan fingerprint density at radius 3 is 2.54 bits per heavy atom. The van der Waals surface area contributed by atoms with Crippen LogP contribution < -0.4 is 5.32 Å². The minimum atomic E-state index is -0.164. The summed E-state index contributed by atoms with van der Waals surface area (Å²) in [5.41, 5.74) is 1.84. The molecule has 124 valence electrons. The Hall–Kier alpha value is -1.75. The molecule has 1 aromatic carbocycles. The van der Waals surface area contributed by atoms with E-state index in [0.29, 0.717) is 23.0 Å². The molecule has 0 aliphatic carbocycles. The number of rotatable bonds is 7. The molecule has 0 unspecified atom stereocenters. The molecular formula is C18H16Cl2N2OS. The molecule has 0 atom stereocenters. The fraction of sp³-hybridized carbons (Fsp3) is 0.111. The van der Waals surface area contributed by atoms with E-state index < -0.39 is 0 Å². The first kappa shape index (κ1) is 18.6.